The minimum atomic E-state index is -3.59. The van der Waals surface area contributed by atoms with Crippen molar-refractivity contribution in [1.29, 1.82) is 0 Å². The smallest absolute Gasteiger partial charge is 0.329 e. The predicted octanol–water partition coefficient (Wildman–Crippen LogP) is 2.83. The molecule has 2 aromatic carbocycles. The lowest BCUT2D eigenvalue weighted by molar-refractivity contribution is -0.148. The fourth-order valence-corrected chi connectivity index (χ4v) is 3.81. The molecule has 0 heterocycles. The van der Waals surface area contributed by atoms with Gasteiger partial charge in [-0.25, -0.2) is 17.5 Å². The van der Waals surface area contributed by atoms with Gasteiger partial charge in [0.2, 0.25) is 10.0 Å². The van der Waals surface area contributed by atoms with Crippen LogP contribution in [0.2, 0.25) is 0 Å². The highest BCUT2D eigenvalue weighted by atomic mass is 32.2. The maximum atomic E-state index is 12.7. The molecular weight excluding hydrogens is 432 g/mol. The van der Waals surface area contributed by atoms with Crippen LogP contribution in [0.3, 0.4) is 0 Å². The zero-order valence-electron chi connectivity index (χ0n) is 19.0. The van der Waals surface area contributed by atoms with Crippen LogP contribution in [0.4, 0.5) is 0 Å². The molecule has 0 aliphatic carbocycles. The number of carbonyl (C=O) groups excluding carboxylic acids is 2. The van der Waals surface area contributed by atoms with E-state index < -0.39 is 27.9 Å². The molecule has 0 unspecified atom stereocenters. The van der Waals surface area contributed by atoms with Crippen LogP contribution in [0.5, 0.6) is 5.75 Å². The first-order valence-electron chi connectivity index (χ1n) is 10.3. The Balaban J connectivity index is 2.05. The van der Waals surface area contributed by atoms with Gasteiger partial charge in [0.1, 0.15) is 18.4 Å². The highest BCUT2D eigenvalue weighted by Gasteiger charge is 2.26. The van der Waals surface area contributed by atoms with Crippen molar-refractivity contribution in [2.45, 2.75) is 38.3 Å². The Hall–Kier alpha value is -2.91. The monoisotopic (exact) mass is 462 g/mol. The number of amides is 1. The lowest BCUT2D eigenvalue weighted by atomic mass is 10.0. The van der Waals surface area contributed by atoms with Crippen LogP contribution >= 0.6 is 0 Å². The van der Waals surface area contributed by atoms with Gasteiger partial charge < -0.3 is 14.8 Å². The standard InChI is InChI=1S/C23H30N2O6S/c1-6-30-19-12-10-18(11-13-19)22(26)24-21(16(2)3)23(27)31-15-17-8-7-9-20(14-17)32(28,29)25(4)5/h7-14,16,21H,6,15H2,1-5H3,(H,24,26)/t21-/m0/s1. The summed E-state index contributed by atoms with van der Waals surface area (Å²) in [6.45, 7) is 5.88. The van der Waals surface area contributed by atoms with E-state index in [9.17, 15) is 18.0 Å². The molecule has 8 nitrogen and oxygen atoms in total. The summed E-state index contributed by atoms with van der Waals surface area (Å²) in [7, 11) is -0.701. The van der Waals surface area contributed by atoms with Crippen molar-refractivity contribution in [2.24, 2.45) is 5.92 Å². The summed E-state index contributed by atoms with van der Waals surface area (Å²) in [6, 6.07) is 12.0. The summed E-state index contributed by atoms with van der Waals surface area (Å²) in [4.78, 5) is 25.4. The molecule has 0 radical (unpaired) electrons. The Morgan fingerprint density at radius 3 is 2.28 bits per heavy atom. The first kappa shape index (κ1) is 25.4. The number of nitrogens with zero attached hydrogens (tertiary/aromatic N) is 1. The Morgan fingerprint density at radius 1 is 1.06 bits per heavy atom. The summed E-state index contributed by atoms with van der Waals surface area (Å²) in [5, 5.41) is 2.71. The summed E-state index contributed by atoms with van der Waals surface area (Å²) < 4.78 is 36.5. The van der Waals surface area contributed by atoms with Crippen molar-refractivity contribution in [3.05, 3.63) is 59.7 Å². The van der Waals surface area contributed by atoms with Gasteiger partial charge in [-0.3, -0.25) is 4.79 Å². The van der Waals surface area contributed by atoms with Crippen molar-refractivity contribution >= 4 is 21.9 Å². The second-order valence-electron chi connectivity index (χ2n) is 7.70. The Kier molecular flexibility index (Phi) is 8.80. The number of benzene rings is 2. The van der Waals surface area contributed by atoms with Crippen LogP contribution in [0.15, 0.2) is 53.4 Å². The number of nitrogens with one attached hydrogen (secondary N) is 1. The molecule has 174 valence electrons. The fourth-order valence-electron chi connectivity index (χ4n) is 2.84. The lowest BCUT2D eigenvalue weighted by Crippen LogP contribution is -2.45. The van der Waals surface area contributed by atoms with E-state index in [4.69, 9.17) is 9.47 Å². The van der Waals surface area contributed by atoms with Gasteiger partial charge in [0.25, 0.3) is 5.91 Å². The second-order valence-corrected chi connectivity index (χ2v) is 9.85. The van der Waals surface area contributed by atoms with Crippen molar-refractivity contribution in [3.63, 3.8) is 0 Å². The maximum absolute atomic E-state index is 12.7. The third-order valence-corrected chi connectivity index (χ3v) is 6.50. The number of hydrogen-bond donors (Lipinski definition) is 1. The molecule has 0 aliphatic heterocycles. The van der Waals surface area contributed by atoms with Crippen LogP contribution in [0.1, 0.15) is 36.7 Å². The Labute approximate surface area is 189 Å². The van der Waals surface area contributed by atoms with E-state index in [0.29, 0.717) is 23.5 Å². The SMILES string of the molecule is CCOc1ccc(C(=O)N[C@H](C(=O)OCc2cccc(S(=O)(=O)N(C)C)c2)C(C)C)cc1. The van der Waals surface area contributed by atoms with Gasteiger partial charge >= 0.3 is 5.97 Å². The van der Waals surface area contributed by atoms with E-state index >= 15 is 0 Å². The summed E-state index contributed by atoms with van der Waals surface area (Å²) in [5.41, 5.74) is 0.926. The van der Waals surface area contributed by atoms with Gasteiger partial charge in [-0.2, -0.15) is 0 Å². The van der Waals surface area contributed by atoms with Gasteiger partial charge in [-0.15, -0.1) is 0 Å². The van der Waals surface area contributed by atoms with E-state index in [1.807, 2.05) is 6.92 Å². The highest BCUT2D eigenvalue weighted by molar-refractivity contribution is 7.89. The molecule has 2 aromatic rings. The number of hydrogen-bond acceptors (Lipinski definition) is 6. The number of ether oxygens (including phenoxy) is 2. The molecule has 0 fully saturated rings. The average molecular weight is 463 g/mol. The predicted molar refractivity (Wildman–Crippen MR) is 121 cm³/mol. The second kappa shape index (κ2) is 11.1. The number of esters is 1. The molecule has 1 amide bonds. The highest BCUT2D eigenvalue weighted by Crippen LogP contribution is 2.17. The van der Waals surface area contributed by atoms with Crippen LogP contribution in [0.25, 0.3) is 0 Å². The van der Waals surface area contributed by atoms with E-state index in [-0.39, 0.29) is 17.4 Å². The summed E-state index contributed by atoms with van der Waals surface area (Å²) >= 11 is 0. The van der Waals surface area contributed by atoms with Gasteiger partial charge in [-0.1, -0.05) is 26.0 Å². The molecule has 32 heavy (non-hydrogen) atoms. The Bertz CT molecular complexity index is 1030. The average Bonchev–Trinajstić information content (AvgIpc) is 2.76. The summed E-state index contributed by atoms with van der Waals surface area (Å²) in [6.07, 6.45) is 0. The molecule has 0 saturated carbocycles. The number of carbonyl (C=O) groups is 2. The number of rotatable bonds is 10. The lowest BCUT2D eigenvalue weighted by Gasteiger charge is -2.21. The van der Waals surface area contributed by atoms with E-state index in [2.05, 4.69) is 5.32 Å². The van der Waals surface area contributed by atoms with Gasteiger partial charge in [-0.05, 0) is 54.8 Å². The van der Waals surface area contributed by atoms with Gasteiger partial charge in [0.15, 0.2) is 0 Å². The van der Waals surface area contributed by atoms with E-state index in [1.165, 1.54) is 26.2 Å². The zero-order valence-corrected chi connectivity index (χ0v) is 19.8. The Morgan fingerprint density at radius 2 is 1.72 bits per heavy atom. The maximum Gasteiger partial charge on any atom is 0.329 e. The zero-order chi connectivity index (χ0) is 23.9. The molecule has 9 heteroatoms. The van der Waals surface area contributed by atoms with Crippen molar-refractivity contribution in [2.75, 3.05) is 20.7 Å². The molecular formula is C23H30N2O6S. The van der Waals surface area contributed by atoms with Crippen LogP contribution in [-0.2, 0) is 26.2 Å². The first-order valence-corrected chi connectivity index (χ1v) is 11.7. The van der Waals surface area contributed by atoms with E-state index in [1.54, 1.807) is 50.2 Å². The third kappa shape index (κ3) is 6.54. The molecule has 1 N–H and O–H groups in total. The topological polar surface area (TPSA) is 102 Å². The first-order chi connectivity index (χ1) is 15.1. The molecule has 0 spiro atoms. The molecule has 0 bridgehead atoms. The minimum absolute atomic E-state index is 0.111. The van der Waals surface area contributed by atoms with Gasteiger partial charge in [0.05, 0.1) is 11.5 Å². The molecule has 2 rings (SSSR count). The van der Waals surface area contributed by atoms with Crippen LogP contribution in [0, 0.1) is 5.92 Å². The minimum Gasteiger partial charge on any atom is -0.494 e. The van der Waals surface area contributed by atoms with Crippen molar-refractivity contribution in [1.82, 2.24) is 9.62 Å². The molecule has 0 aliphatic rings. The summed E-state index contributed by atoms with van der Waals surface area (Å²) in [5.74, 6) is -0.556. The normalized spacial score (nSPS) is 12.5. The fraction of sp³-hybridized carbons (Fsp3) is 0.391. The van der Waals surface area contributed by atoms with Gasteiger partial charge in [0, 0.05) is 19.7 Å². The van der Waals surface area contributed by atoms with Crippen LogP contribution < -0.4 is 10.1 Å². The molecule has 1 atom stereocenters. The van der Waals surface area contributed by atoms with E-state index in [0.717, 1.165) is 4.31 Å². The molecule has 0 aromatic heterocycles. The molecule has 0 saturated heterocycles. The van der Waals surface area contributed by atoms with Crippen LogP contribution in [-0.4, -0.2) is 51.3 Å². The third-order valence-electron chi connectivity index (χ3n) is 4.69. The quantitative estimate of drug-likeness (QED) is 0.545. The van der Waals surface area contributed by atoms with Crippen molar-refractivity contribution < 1.29 is 27.5 Å². The largest absolute Gasteiger partial charge is 0.494 e. The number of sulfonamides is 1. The van der Waals surface area contributed by atoms with Crippen molar-refractivity contribution in [3.8, 4) is 5.75 Å².